The van der Waals surface area contributed by atoms with Crippen LogP contribution in [0.3, 0.4) is 0 Å². The van der Waals surface area contributed by atoms with Gasteiger partial charge in [0.25, 0.3) is 0 Å². The predicted molar refractivity (Wildman–Crippen MR) is 126 cm³/mol. The molecule has 0 bridgehead atoms. The molecule has 172 valence electrons. The molecule has 0 aliphatic carbocycles. The van der Waals surface area contributed by atoms with Gasteiger partial charge in [0, 0.05) is 26.1 Å². The van der Waals surface area contributed by atoms with Crippen LogP contribution in [0.15, 0.2) is 72.1 Å². The molecule has 0 saturated carbocycles. The van der Waals surface area contributed by atoms with Crippen LogP contribution < -0.4 is 0 Å². The van der Waals surface area contributed by atoms with E-state index in [4.69, 9.17) is 4.74 Å². The molecular weight excluding hydrogens is 424 g/mol. The first kappa shape index (κ1) is 24.2. The third kappa shape index (κ3) is 6.28. The molecule has 2 aromatic carbocycles. The molecule has 1 fully saturated rings. The summed E-state index contributed by atoms with van der Waals surface area (Å²) in [5, 5.41) is 0. The topological polar surface area (TPSA) is 66.9 Å². The Hall–Kier alpha value is -2.48. The number of amides is 1. The predicted octanol–water partition coefficient (Wildman–Crippen LogP) is 3.77. The van der Waals surface area contributed by atoms with Crippen LogP contribution in [-0.2, 0) is 26.2 Å². The fourth-order valence-electron chi connectivity index (χ4n) is 3.78. The Morgan fingerprint density at radius 2 is 1.78 bits per heavy atom. The molecule has 1 aliphatic rings. The Labute approximate surface area is 191 Å². The first-order chi connectivity index (χ1) is 15.4. The highest BCUT2D eigenvalue weighted by Crippen LogP contribution is 2.21. The van der Waals surface area contributed by atoms with Crippen molar-refractivity contribution in [2.24, 2.45) is 0 Å². The number of likely N-dealkylation sites (tertiary alicyclic amines) is 1. The summed E-state index contributed by atoms with van der Waals surface area (Å²) in [7, 11) is -3.83. The zero-order chi connectivity index (χ0) is 23.0. The van der Waals surface area contributed by atoms with Crippen LogP contribution in [0.5, 0.6) is 0 Å². The van der Waals surface area contributed by atoms with Crippen molar-refractivity contribution in [2.45, 2.75) is 43.7 Å². The van der Waals surface area contributed by atoms with Crippen molar-refractivity contribution in [1.82, 2.24) is 9.21 Å². The van der Waals surface area contributed by atoms with Gasteiger partial charge in [0.2, 0.25) is 15.9 Å². The Morgan fingerprint density at radius 3 is 2.41 bits per heavy atom. The van der Waals surface area contributed by atoms with Crippen LogP contribution in [0.25, 0.3) is 0 Å². The zero-order valence-electron chi connectivity index (χ0n) is 18.7. The molecule has 2 aromatic rings. The number of rotatable bonds is 11. The summed E-state index contributed by atoms with van der Waals surface area (Å²) in [6.07, 6.45) is 3.71. The van der Waals surface area contributed by atoms with E-state index < -0.39 is 16.1 Å². The Morgan fingerprint density at radius 1 is 1.12 bits per heavy atom. The van der Waals surface area contributed by atoms with Gasteiger partial charge in [-0.1, -0.05) is 54.1 Å². The molecule has 0 N–H and O–H groups in total. The highest BCUT2D eigenvalue weighted by Gasteiger charge is 2.31. The molecule has 0 unspecified atom stereocenters. The minimum atomic E-state index is -3.83. The van der Waals surface area contributed by atoms with E-state index in [1.165, 1.54) is 4.31 Å². The van der Waals surface area contributed by atoms with Crippen molar-refractivity contribution in [3.63, 3.8) is 0 Å². The average Bonchev–Trinajstić information content (AvgIpc) is 3.34. The number of carbonyl (C=O) groups is 1. The lowest BCUT2D eigenvalue weighted by molar-refractivity contribution is -0.130. The fraction of sp³-hybridized carbons (Fsp3) is 0.400. The Bertz CT molecular complexity index is 984. The van der Waals surface area contributed by atoms with Crippen molar-refractivity contribution in [3.8, 4) is 0 Å². The smallest absolute Gasteiger partial charge is 0.243 e. The molecule has 1 aliphatic heterocycles. The van der Waals surface area contributed by atoms with E-state index >= 15 is 0 Å². The number of hydrogen-bond acceptors (Lipinski definition) is 4. The Kier molecular flexibility index (Phi) is 8.61. The molecule has 1 amide bonds. The zero-order valence-corrected chi connectivity index (χ0v) is 19.5. The van der Waals surface area contributed by atoms with Gasteiger partial charge in [-0.2, -0.15) is 4.31 Å². The van der Waals surface area contributed by atoms with Gasteiger partial charge in [-0.05, 0) is 37.5 Å². The van der Waals surface area contributed by atoms with Gasteiger partial charge >= 0.3 is 0 Å². The first-order valence-electron chi connectivity index (χ1n) is 11.0. The van der Waals surface area contributed by atoms with E-state index in [1.54, 1.807) is 30.3 Å². The molecule has 1 heterocycles. The maximum absolute atomic E-state index is 13.5. The second-order valence-corrected chi connectivity index (χ2v) is 9.96. The van der Waals surface area contributed by atoms with Crippen LogP contribution in [0.1, 0.15) is 30.4 Å². The molecule has 7 heteroatoms. The van der Waals surface area contributed by atoms with E-state index in [1.807, 2.05) is 42.2 Å². The molecule has 32 heavy (non-hydrogen) atoms. The lowest BCUT2D eigenvalue weighted by atomic mass is 10.2. The maximum atomic E-state index is 13.5. The third-order valence-electron chi connectivity index (χ3n) is 5.67. The van der Waals surface area contributed by atoms with Crippen molar-refractivity contribution < 1.29 is 17.9 Å². The van der Waals surface area contributed by atoms with Gasteiger partial charge in [-0.15, -0.1) is 6.58 Å². The van der Waals surface area contributed by atoms with E-state index in [0.29, 0.717) is 6.61 Å². The van der Waals surface area contributed by atoms with Gasteiger partial charge in [-0.25, -0.2) is 8.42 Å². The summed E-state index contributed by atoms with van der Waals surface area (Å²) in [5.41, 5.74) is 1.98. The van der Waals surface area contributed by atoms with Gasteiger partial charge in [-0.3, -0.25) is 4.79 Å². The van der Waals surface area contributed by atoms with Crippen LogP contribution in [0.2, 0.25) is 0 Å². The molecule has 0 spiro atoms. The minimum absolute atomic E-state index is 0.0142. The first-order valence-corrected chi connectivity index (χ1v) is 12.5. The lowest BCUT2D eigenvalue weighted by Crippen LogP contribution is -2.44. The SMILES string of the molecule is C=C[C@H](COCc1ccccc1)N(CCC(=O)N1CCCC1)S(=O)(=O)c1ccc(C)cc1. The standard InChI is InChI=1S/C25H32N2O4S/c1-3-23(20-31-19-22-9-5-4-6-10-22)27(18-15-25(28)26-16-7-8-17-26)32(29,30)24-13-11-21(2)12-14-24/h3-6,9-14,23H,1,7-8,15-20H2,2H3/t23-/m1/s1. The van der Waals surface area contributed by atoms with Crippen molar-refractivity contribution >= 4 is 15.9 Å². The summed E-state index contributed by atoms with van der Waals surface area (Å²) in [6.45, 7) is 7.86. The number of ether oxygens (including phenoxy) is 1. The van der Waals surface area contributed by atoms with Crippen molar-refractivity contribution in [1.29, 1.82) is 0 Å². The molecule has 1 atom stereocenters. The average molecular weight is 457 g/mol. The van der Waals surface area contributed by atoms with Crippen LogP contribution in [0, 0.1) is 6.92 Å². The number of sulfonamides is 1. The van der Waals surface area contributed by atoms with Gasteiger partial charge in [0.1, 0.15) is 0 Å². The fourth-order valence-corrected chi connectivity index (χ4v) is 5.37. The summed E-state index contributed by atoms with van der Waals surface area (Å²) < 4.78 is 34.2. The highest BCUT2D eigenvalue weighted by molar-refractivity contribution is 7.89. The lowest BCUT2D eigenvalue weighted by Gasteiger charge is -2.29. The summed E-state index contributed by atoms with van der Waals surface area (Å²) >= 11 is 0. The van der Waals surface area contributed by atoms with E-state index in [9.17, 15) is 13.2 Å². The number of carbonyl (C=O) groups excluding carboxylic acids is 1. The summed E-state index contributed by atoms with van der Waals surface area (Å²) in [6, 6.07) is 15.9. The van der Waals surface area contributed by atoms with Crippen molar-refractivity contribution in [3.05, 3.63) is 78.4 Å². The molecule has 3 rings (SSSR count). The quantitative estimate of drug-likeness (QED) is 0.483. The molecule has 1 saturated heterocycles. The molecule has 6 nitrogen and oxygen atoms in total. The number of benzene rings is 2. The number of aryl methyl sites for hydroxylation is 1. The second kappa shape index (κ2) is 11.4. The minimum Gasteiger partial charge on any atom is -0.375 e. The molecular formula is C25H32N2O4S. The highest BCUT2D eigenvalue weighted by atomic mass is 32.2. The molecule has 0 aromatic heterocycles. The summed E-state index contributed by atoms with van der Waals surface area (Å²) in [4.78, 5) is 14.6. The second-order valence-electron chi connectivity index (χ2n) is 8.07. The van der Waals surface area contributed by atoms with E-state index in [2.05, 4.69) is 6.58 Å². The van der Waals surface area contributed by atoms with E-state index in [-0.39, 0.29) is 30.4 Å². The third-order valence-corrected chi connectivity index (χ3v) is 7.61. The van der Waals surface area contributed by atoms with Gasteiger partial charge in [0.05, 0.1) is 24.2 Å². The number of hydrogen-bond donors (Lipinski definition) is 0. The monoisotopic (exact) mass is 456 g/mol. The van der Waals surface area contributed by atoms with Crippen LogP contribution in [0.4, 0.5) is 0 Å². The maximum Gasteiger partial charge on any atom is 0.243 e. The van der Waals surface area contributed by atoms with Crippen LogP contribution >= 0.6 is 0 Å². The van der Waals surface area contributed by atoms with Gasteiger partial charge in [0.15, 0.2) is 0 Å². The largest absolute Gasteiger partial charge is 0.375 e. The normalized spacial score (nSPS) is 15.1. The van der Waals surface area contributed by atoms with Crippen LogP contribution in [-0.4, -0.2) is 55.8 Å². The van der Waals surface area contributed by atoms with E-state index in [0.717, 1.165) is 37.1 Å². The molecule has 0 radical (unpaired) electrons. The van der Waals surface area contributed by atoms with Crippen molar-refractivity contribution in [2.75, 3.05) is 26.2 Å². The number of nitrogens with zero attached hydrogens (tertiary/aromatic N) is 2. The van der Waals surface area contributed by atoms with Gasteiger partial charge < -0.3 is 9.64 Å². The summed E-state index contributed by atoms with van der Waals surface area (Å²) in [5.74, 6) is -0.0142. The Balaban J connectivity index is 1.76.